The Kier molecular flexibility index (Phi) is 2.39. The summed E-state index contributed by atoms with van der Waals surface area (Å²) in [5, 5.41) is 0.0888. The number of nitrogens with zero attached hydrogens (tertiary/aromatic N) is 1. The zero-order chi connectivity index (χ0) is 19.8. The van der Waals surface area contributed by atoms with Crippen LogP contribution in [0.1, 0.15) is 27.6 Å². The molecule has 0 N–H and O–H groups in total. The predicted octanol–water partition coefficient (Wildman–Crippen LogP) is 3.64. The minimum atomic E-state index is -4.58. The summed E-state index contributed by atoms with van der Waals surface area (Å²) in [6.45, 7) is -1.80. The first-order valence-corrected chi connectivity index (χ1v) is 7.93. The minimum Gasteiger partial charge on any atom is -0.256 e. The second kappa shape index (κ2) is 6.16. The van der Waals surface area contributed by atoms with E-state index in [1.165, 1.54) is 6.20 Å². The van der Waals surface area contributed by atoms with Crippen molar-refractivity contribution in [2.75, 3.05) is 0 Å². The van der Waals surface area contributed by atoms with Crippen LogP contribution in [-0.4, -0.2) is 14.9 Å². The lowest BCUT2D eigenvalue weighted by Crippen LogP contribution is -2.28. The van der Waals surface area contributed by atoms with Crippen LogP contribution in [0.5, 0.6) is 0 Å². The van der Waals surface area contributed by atoms with Crippen LogP contribution < -0.4 is 5.19 Å². The van der Waals surface area contributed by atoms with Crippen LogP contribution in [0, 0.1) is 5.92 Å². The van der Waals surface area contributed by atoms with Crippen molar-refractivity contribution in [1.29, 1.82) is 1.23 Å². The van der Waals surface area contributed by atoms with Crippen molar-refractivity contribution in [2.24, 2.45) is 5.92 Å². The van der Waals surface area contributed by atoms with Crippen molar-refractivity contribution in [3.05, 3.63) is 48.2 Å². The highest BCUT2D eigenvalue weighted by molar-refractivity contribution is 6.71. The van der Waals surface area contributed by atoms with Gasteiger partial charge in [0.25, 0.3) is 0 Å². The molecule has 100 valence electrons. The molecule has 1 nitrogen and oxygen atoms in total. The highest BCUT2D eigenvalue weighted by Crippen LogP contribution is 2.18. The lowest BCUT2D eigenvalue weighted by atomic mass is 10.0. The maximum absolute atomic E-state index is 8.60. The number of hydrogen-bond donors (Lipinski definition) is 0. The Morgan fingerprint density at radius 2 is 2.00 bits per heavy atom. The van der Waals surface area contributed by atoms with E-state index in [9.17, 15) is 0 Å². The van der Waals surface area contributed by atoms with E-state index in [0.717, 1.165) is 5.56 Å². The Morgan fingerprint density at radius 3 is 2.63 bits per heavy atom. The van der Waals surface area contributed by atoms with Gasteiger partial charge in [0.15, 0.2) is 0 Å². The molecule has 0 spiro atoms. The zero-order valence-electron chi connectivity index (χ0n) is 18.3. The van der Waals surface area contributed by atoms with Crippen LogP contribution in [0.2, 0.25) is 13.0 Å². The summed E-state index contributed by atoms with van der Waals surface area (Å²) in [4.78, 5) is 4.32. The van der Waals surface area contributed by atoms with Crippen LogP contribution in [0.25, 0.3) is 11.3 Å². The van der Waals surface area contributed by atoms with E-state index in [4.69, 9.17) is 9.46 Å². The topological polar surface area (TPSA) is 12.9 Å². The molecule has 0 fully saturated rings. The number of benzene rings is 1. The Balaban J connectivity index is 2.71. The van der Waals surface area contributed by atoms with E-state index in [-0.39, 0.29) is 11.1 Å². The lowest BCUT2D eigenvalue weighted by molar-refractivity contribution is 0.649. The van der Waals surface area contributed by atoms with Gasteiger partial charge >= 0.3 is 0 Å². The van der Waals surface area contributed by atoms with Crippen molar-refractivity contribution in [3.8, 4) is 11.3 Å². The first kappa shape index (κ1) is 7.39. The van der Waals surface area contributed by atoms with Gasteiger partial charge in [-0.15, -0.1) is 0 Å². The van der Waals surface area contributed by atoms with Crippen LogP contribution in [0.15, 0.2) is 42.6 Å². The first-order valence-electron chi connectivity index (χ1n) is 9.93. The summed E-state index contributed by atoms with van der Waals surface area (Å²) in [7, 11) is -4.58. The van der Waals surface area contributed by atoms with Crippen molar-refractivity contribution in [1.82, 2.24) is 4.98 Å². The predicted molar refractivity (Wildman–Crippen MR) is 86.7 cm³/mol. The van der Waals surface area contributed by atoms with Crippen molar-refractivity contribution < 1.29 is 8.22 Å². The van der Waals surface area contributed by atoms with Crippen LogP contribution >= 0.6 is 0 Å². The number of pyridine rings is 1. The molecule has 1 aromatic carbocycles. The number of aromatic nitrogens is 1. The maximum Gasteiger partial charge on any atom is 0.0704 e. The molecular weight excluding hydrogens is 246 g/mol. The Hall–Kier alpha value is -1.41. The molecule has 0 radical (unpaired) electrons. The molecule has 2 aromatic rings. The fraction of sp³-hybridized carbons (Fsp3) is 0.353. The van der Waals surface area contributed by atoms with Gasteiger partial charge < -0.3 is 0 Å². The molecule has 1 heterocycles. The second-order valence-electron chi connectivity index (χ2n) is 5.07. The molecule has 2 rings (SSSR count). The summed E-state index contributed by atoms with van der Waals surface area (Å²) in [6.07, 6.45) is 1.81. The van der Waals surface area contributed by atoms with E-state index in [0.29, 0.717) is 17.7 Å². The Morgan fingerprint density at radius 1 is 1.26 bits per heavy atom. The van der Waals surface area contributed by atoms with Gasteiger partial charge in [-0.25, -0.2) is 0 Å². The molecule has 19 heavy (non-hydrogen) atoms. The molecule has 0 aliphatic carbocycles. The average molecular weight is 277 g/mol. The van der Waals surface area contributed by atoms with Gasteiger partial charge in [-0.1, -0.05) is 57.1 Å². The SMILES string of the molecule is [2H]C([2H])([2H])[Si]([2H])(c1cnc(-c2ccccc2)cc1CC(C)C)C([2H])([2H])[2H]. The molecule has 2 heteroatoms. The highest BCUT2D eigenvalue weighted by atomic mass is 28.3. The third-order valence-electron chi connectivity index (χ3n) is 2.96. The molecule has 1 aromatic heterocycles. The Bertz CT molecular complexity index is 740. The molecular formula is C17H23NSi. The summed E-state index contributed by atoms with van der Waals surface area (Å²) in [5.41, 5.74) is 2.12. The second-order valence-corrected chi connectivity index (χ2v) is 6.35. The summed E-state index contributed by atoms with van der Waals surface area (Å²) < 4.78 is 55.4. The van der Waals surface area contributed by atoms with Gasteiger partial charge in [0.2, 0.25) is 0 Å². The average Bonchev–Trinajstić information content (AvgIpc) is 2.52. The fourth-order valence-corrected chi connectivity index (χ4v) is 2.79. The Labute approximate surface area is 128 Å². The molecule has 0 bridgehead atoms. The summed E-state index contributed by atoms with van der Waals surface area (Å²) in [5.74, 6) is 0.186. The third kappa shape index (κ3) is 3.54. The van der Waals surface area contributed by atoms with Gasteiger partial charge in [-0.2, -0.15) is 0 Å². The van der Waals surface area contributed by atoms with Crippen LogP contribution in [0.4, 0.5) is 0 Å². The molecule has 0 saturated heterocycles. The van der Waals surface area contributed by atoms with E-state index in [1.807, 2.05) is 44.2 Å². The van der Waals surface area contributed by atoms with E-state index >= 15 is 0 Å². The first-order chi connectivity index (χ1) is 11.9. The van der Waals surface area contributed by atoms with Gasteiger partial charge in [0, 0.05) is 21.2 Å². The number of hydrogen-bond acceptors (Lipinski definition) is 1. The highest BCUT2D eigenvalue weighted by Gasteiger charge is 2.11. The summed E-state index contributed by atoms with van der Waals surface area (Å²) >= 11 is 0. The molecule has 0 aliphatic heterocycles. The molecule has 0 amide bonds. The van der Waals surface area contributed by atoms with Crippen molar-refractivity contribution in [3.63, 3.8) is 0 Å². The van der Waals surface area contributed by atoms with Crippen LogP contribution in [0.3, 0.4) is 0 Å². The van der Waals surface area contributed by atoms with Crippen molar-refractivity contribution >= 4 is 13.9 Å². The molecule has 0 unspecified atom stereocenters. The summed E-state index contributed by atoms with van der Waals surface area (Å²) in [6, 6.07) is 11.2. The van der Waals surface area contributed by atoms with Crippen molar-refractivity contribution in [2.45, 2.75) is 33.2 Å². The van der Waals surface area contributed by atoms with E-state index in [1.54, 1.807) is 6.07 Å². The maximum atomic E-state index is 8.60. The molecule has 0 atom stereocenters. The normalized spacial score (nSPS) is 18.6. The monoisotopic (exact) mass is 276 g/mol. The quantitative estimate of drug-likeness (QED) is 0.777. The standard InChI is InChI=1S/C17H23NSi/c1-13(2)10-15-11-16(14-8-6-5-7-9-14)18-12-17(15)19(3)4/h5-9,11-13,19H,10H2,1-4H3/i3D3,4D3,19D. The zero-order valence-corrected chi connectivity index (χ0v) is 12.3. The largest absolute Gasteiger partial charge is 0.256 e. The van der Waals surface area contributed by atoms with Gasteiger partial charge in [-0.05, 0) is 29.2 Å². The lowest BCUT2D eigenvalue weighted by Gasteiger charge is -2.15. The van der Waals surface area contributed by atoms with Gasteiger partial charge in [0.1, 0.15) is 0 Å². The minimum absolute atomic E-state index is 0.0888. The third-order valence-corrected chi connectivity index (χ3v) is 3.95. The van der Waals surface area contributed by atoms with E-state index in [2.05, 4.69) is 4.98 Å². The molecule has 0 saturated carbocycles. The fourth-order valence-electron chi connectivity index (χ4n) is 2.10. The number of rotatable bonds is 4. The van der Waals surface area contributed by atoms with E-state index < -0.39 is 21.7 Å². The van der Waals surface area contributed by atoms with Gasteiger partial charge in [-0.3, -0.25) is 4.98 Å². The molecule has 0 aliphatic rings. The smallest absolute Gasteiger partial charge is 0.0704 e. The van der Waals surface area contributed by atoms with Gasteiger partial charge in [0.05, 0.1) is 14.4 Å². The van der Waals surface area contributed by atoms with Crippen LogP contribution in [-0.2, 0) is 6.42 Å².